The molecule has 2 atom stereocenters. The van der Waals surface area contributed by atoms with Gasteiger partial charge in [0, 0.05) is 39.3 Å². The smallest absolute Gasteiger partial charge is 0.317 e. The summed E-state index contributed by atoms with van der Waals surface area (Å²) < 4.78 is 5.64. The van der Waals surface area contributed by atoms with Gasteiger partial charge in [0.1, 0.15) is 0 Å². The third-order valence-corrected chi connectivity index (χ3v) is 5.25. The maximum atomic E-state index is 12.3. The second kappa shape index (κ2) is 7.44. The first-order chi connectivity index (χ1) is 10.7. The highest BCUT2D eigenvalue weighted by Crippen LogP contribution is 2.16. The van der Waals surface area contributed by atoms with Crippen LogP contribution in [-0.4, -0.2) is 60.8 Å². The monoisotopic (exact) mass is 323 g/mol. The number of rotatable bonds is 4. The van der Waals surface area contributed by atoms with E-state index in [0.717, 1.165) is 52.2 Å². The minimum atomic E-state index is 0.0539. The average molecular weight is 323 g/mol. The predicted molar refractivity (Wildman–Crippen MR) is 88.1 cm³/mol. The Morgan fingerprint density at radius 1 is 1.45 bits per heavy atom. The van der Waals surface area contributed by atoms with E-state index in [0.29, 0.717) is 0 Å². The van der Waals surface area contributed by atoms with E-state index in [1.165, 1.54) is 5.56 Å². The fraction of sp³-hybridized carbons (Fsp3) is 0.688. The van der Waals surface area contributed by atoms with Gasteiger partial charge in [0.25, 0.3) is 0 Å². The van der Waals surface area contributed by atoms with Crippen LogP contribution >= 0.6 is 11.3 Å². The standard InChI is InChI=1S/C16H25N3O2S/c1-13(15-3-2-9-21-15)17-16(20)19-7-5-18(6-8-19)11-14-4-10-22-12-14/h4,10,12-13,15H,2-3,5-9,11H2,1H3,(H,17,20)/t13-,15-/m0/s1. The highest BCUT2D eigenvalue weighted by molar-refractivity contribution is 7.07. The summed E-state index contributed by atoms with van der Waals surface area (Å²) in [5.74, 6) is 0. The number of hydrogen-bond donors (Lipinski definition) is 1. The number of urea groups is 1. The molecule has 22 heavy (non-hydrogen) atoms. The molecule has 2 aliphatic heterocycles. The van der Waals surface area contributed by atoms with Gasteiger partial charge in [0.05, 0.1) is 12.1 Å². The molecule has 2 amide bonds. The zero-order valence-corrected chi connectivity index (χ0v) is 14.0. The van der Waals surface area contributed by atoms with Gasteiger partial charge in [-0.05, 0) is 42.2 Å². The van der Waals surface area contributed by atoms with E-state index in [1.54, 1.807) is 11.3 Å². The van der Waals surface area contributed by atoms with Crippen molar-refractivity contribution in [2.75, 3.05) is 32.8 Å². The van der Waals surface area contributed by atoms with Gasteiger partial charge < -0.3 is 15.0 Å². The Kier molecular flexibility index (Phi) is 5.33. The van der Waals surface area contributed by atoms with Crippen LogP contribution in [0.1, 0.15) is 25.3 Å². The fourth-order valence-corrected chi connectivity index (χ4v) is 3.79. The lowest BCUT2D eigenvalue weighted by Gasteiger charge is -2.35. The first-order valence-electron chi connectivity index (χ1n) is 8.13. The van der Waals surface area contributed by atoms with Crippen LogP contribution in [0.25, 0.3) is 0 Å². The number of nitrogens with one attached hydrogen (secondary N) is 1. The normalized spacial score (nSPS) is 24.4. The number of nitrogens with zero attached hydrogens (tertiary/aromatic N) is 2. The molecule has 0 unspecified atom stereocenters. The van der Waals surface area contributed by atoms with Crippen molar-refractivity contribution < 1.29 is 9.53 Å². The van der Waals surface area contributed by atoms with Crippen LogP contribution < -0.4 is 5.32 Å². The molecule has 0 bridgehead atoms. The van der Waals surface area contributed by atoms with E-state index < -0.39 is 0 Å². The molecule has 1 N–H and O–H groups in total. The molecule has 5 nitrogen and oxygen atoms in total. The van der Waals surface area contributed by atoms with E-state index in [9.17, 15) is 4.79 Å². The van der Waals surface area contributed by atoms with Gasteiger partial charge in [-0.3, -0.25) is 4.90 Å². The minimum Gasteiger partial charge on any atom is -0.376 e. The van der Waals surface area contributed by atoms with Gasteiger partial charge in [0.15, 0.2) is 0 Å². The van der Waals surface area contributed by atoms with E-state index in [-0.39, 0.29) is 18.2 Å². The lowest BCUT2D eigenvalue weighted by molar-refractivity contribution is 0.0800. The second-order valence-corrected chi connectivity index (χ2v) is 6.96. The van der Waals surface area contributed by atoms with Gasteiger partial charge in [-0.2, -0.15) is 11.3 Å². The number of amides is 2. The van der Waals surface area contributed by atoms with Gasteiger partial charge in [-0.25, -0.2) is 4.79 Å². The minimum absolute atomic E-state index is 0.0539. The molecule has 0 radical (unpaired) electrons. The van der Waals surface area contributed by atoms with Crippen molar-refractivity contribution in [3.63, 3.8) is 0 Å². The van der Waals surface area contributed by atoms with E-state index >= 15 is 0 Å². The number of piperazine rings is 1. The Morgan fingerprint density at radius 2 is 2.27 bits per heavy atom. The van der Waals surface area contributed by atoms with Crippen molar-refractivity contribution in [2.45, 2.75) is 38.5 Å². The summed E-state index contributed by atoms with van der Waals surface area (Å²) in [4.78, 5) is 16.7. The molecule has 0 spiro atoms. The van der Waals surface area contributed by atoms with Gasteiger partial charge in [-0.1, -0.05) is 0 Å². The molecule has 3 heterocycles. The molecule has 2 aliphatic rings. The third-order valence-electron chi connectivity index (χ3n) is 4.52. The van der Waals surface area contributed by atoms with Crippen molar-refractivity contribution in [2.24, 2.45) is 0 Å². The van der Waals surface area contributed by atoms with Crippen LogP contribution in [0.3, 0.4) is 0 Å². The maximum Gasteiger partial charge on any atom is 0.317 e. The van der Waals surface area contributed by atoms with Crippen LogP contribution in [0, 0.1) is 0 Å². The van der Waals surface area contributed by atoms with Crippen LogP contribution in [-0.2, 0) is 11.3 Å². The molecule has 2 saturated heterocycles. The number of ether oxygens (including phenoxy) is 1. The van der Waals surface area contributed by atoms with Gasteiger partial charge in [0.2, 0.25) is 0 Å². The summed E-state index contributed by atoms with van der Waals surface area (Å²) in [6.07, 6.45) is 2.34. The summed E-state index contributed by atoms with van der Waals surface area (Å²) in [6, 6.07) is 2.32. The Morgan fingerprint density at radius 3 is 2.91 bits per heavy atom. The molecule has 2 fully saturated rings. The quantitative estimate of drug-likeness (QED) is 0.923. The van der Waals surface area contributed by atoms with Crippen molar-refractivity contribution >= 4 is 17.4 Å². The fourth-order valence-electron chi connectivity index (χ4n) is 3.13. The molecule has 0 aromatic carbocycles. The average Bonchev–Trinajstić information content (AvgIpc) is 3.21. The molecule has 122 valence electrons. The summed E-state index contributed by atoms with van der Waals surface area (Å²) in [5, 5.41) is 7.41. The highest BCUT2D eigenvalue weighted by atomic mass is 32.1. The number of hydrogen-bond acceptors (Lipinski definition) is 4. The summed E-state index contributed by atoms with van der Waals surface area (Å²) >= 11 is 1.74. The number of carbonyl (C=O) groups excluding carboxylic acids is 1. The molecular weight excluding hydrogens is 298 g/mol. The SMILES string of the molecule is C[C@H](NC(=O)N1CCN(Cc2ccsc2)CC1)[C@@H]1CCCO1. The molecular formula is C16H25N3O2S. The molecule has 3 rings (SSSR count). The zero-order chi connectivity index (χ0) is 15.4. The zero-order valence-electron chi connectivity index (χ0n) is 13.2. The molecule has 0 saturated carbocycles. The summed E-state index contributed by atoms with van der Waals surface area (Å²) in [5.41, 5.74) is 1.37. The predicted octanol–water partition coefficient (Wildman–Crippen LogP) is 2.14. The number of thiophene rings is 1. The van der Waals surface area contributed by atoms with E-state index in [2.05, 4.69) is 27.0 Å². The van der Waals surface area contributed by atoms with Crippen molar-refractivity contribution in [3.05, 3.63) is 22.4 Å². The van der Waals surface area contributed by atoms with Crippen LogP contribution in [0.4, 0.5) is 4.79 Å². The number of carbonyl (C=O) groups is 1. The van der Waals surface area contributed by atoms with E-state index in [4.69, 9.17) is 4.74 Å². The highest BCUT2D eigenvalue weighted by Gasteiger charge is 2.27. The first-order valence-corrected chi connectivity index (χ1v) is 9.07. The maximum absolute atomic E-state index is 12.3. The van der Waals surface area contributed by atoms with Gasteiger partial charge in [-0.15, -0.1) is 0 Å². The largest absolute Gasteiger partial charge is 0.376 e. The van der Waals surface area contributed by atoms with Crippen LogP contribution in [0.5, 0.6) is 0 Å². The van der Waals surface area contributed by atoms with Crippen molar-refractivity contribution in [1.29, 1.82) is 0 Å². The van der Waals surface area contributed by atoms with E-state index in [1.807, 2.05) is 11.8 Å². The Hall–Kier alpha value is -1.11. The lowest BCUT2D eigenvalue weighted by atomic mass is 10.1. The Bertz CT molecular complexity index is 466. The molecule has 6 heteroatoms. The summed E-state index contributed by atoms with van der Waals surface area (Å²) in [6.45, 7) is 7.34. The Labute approximate surface area is 136 Å². The van der Waals surface area contributed by atoms with Gasteiger partial charge >= 0.3 is 6.03 Å². The second-order valence-electron chi connectivity index (χ2n) is 6.18. The lowest BCUT2D eigenvalue weighted by Crippen LogP contribution is -2.54. The molecule has 0 aliphatic carbocycles. The molecule has 1 aromatic heterocycles. The van der Waals surface area contributed by atoms with Crippen LogP contribution in [0.2, 0.25) is 0 Å². The summed E-state index contributed by atoms with van der Waals surface area (Å²) in [7, 11) is 0. The topological polar surface area (TPSA) is 44.8 Å². The van der Waals surface area contributed by atoms with Crippen molar-refractivity contribution in [1.82, 2.24) is 15.1 Å². The Balaban J connectivity index is 1.41. The first kappa shape index (κ1) is 15.8. The van der Waals surface area contributed by atoms with Crippen LogP contribution in [0.15, 0.2) is 16.8 Å². The third kappa shape index (κ3) is 4.00. The molecule has 1 aromatic rings. The van der Waals surface area contributed by atoms with Crippen molar-refractivity contribution in [3.8, 4) is 0 Å².